The minimum Gasteiger partial charge on any atom is -0.491 e. The number of benzene rings is 2. The maximum absolute atomic E-state index is 13.9. The molecule has 8 nitrogen and oxygen atoms in total. The maximum atomic E-state index is 13.9. The Morgan fingerprint density at radius 3 is 2.46 bits per heavy atom. The Labute approximate surface area is 238 Å². The SMILES string of the molecule is CCOC(=O)C1=C(C)N=c2s/c(=C\c3cc(Cl)c(OC(C)=O)c(Cl)c3)c(=O)n2[C@H]1c1ccccc1OC(C)C. The zero-order valence-electron chi connectivity index (χ0n) is 21.9. The van der Waals surface area contributed by atoms with E-state index in [1.165, 1.54) is 11.5 Å². The van der Waals surface area contributed by atoms with Crippen molar-refractivity contribution in [2.24, 2.45) is 4.99 Å². The van der Waals surface area contributed by atoms with Gasteiger partial charge in [0.05, 0.1) is 38.6 Å². The number of carbonyl (C=O) groups excluding carboxylic acids is 2. The van der Waals surface area contributed by atoms with Crippen molar-refractivity contribution in [3.05, 3.63) is 88.5 Å². The molecule has 0 aliphatic carbocycles. The van der Waals surface area contributed by atoms with Crippen molar-refractivity contribution in [2.75, 3.05) is 6.61 Å². The van der Waals surface area contributed by atoms with Crippen molar-refractivity contribution >= 4 is 52.6 Å². The minimum absolute atomic E-state index is 0.0425. The fourth-order valence-electron chi connectivity index (χ4n) is 4.21. The molecule has 1 aliphatic rings. The van der Waals surface area contributed by atoms with E-state index in [0.717, 1.165) is 11.3 Å². The summed E-state index contributed by atoms with van der Waals surface area (Å²) in [6.45, 7) is 8.65. The van der Waals surface area contributed by atoms with Crippen LogP contribution in [0.3, 0.4) is 0 Å². The van der Waals surface area contributed by atoms with Gasteiger partial charge in [0, 0.05) is 12.5 Å². The van der Waals surface area contributed by atoms with Crippen LogP contribution in [0.1, 0.15) is 51.8 Å². The van der Waals surface area contributed by atoms with Crippen LogP contribution in [0.25, 0.3) is 6.08 Å². The lowest BCUT2D eigenvalue weighted by Gasteiger charge is -2.26. The number of thiazole rings is 1. The first-order valence-corrected chi connectivity index (χ1v) is 13.7. The molecule has 0 bridgehead atoms. The molecule has 2 heterocycles. The van der Waals surface area contributed by atoms with E-state index in [-0.39, 0.29) is 39.6 Å². The molecule has 0 saturated heterocycles. The lowest BCUT2D eigenvalue weighted by atomic mass is 9.95. The normalized spacial score (nSPS) is 15.2. The molecule has 0 fully saturated rings. The van der Waals surface area contributed by atoms with Crippen molar-refractivity contribution < 1.29 is 23.8 Å². The van der Waals surface area contributed by atoms with Crippen LogP contribution >= 0.6 is 34.5 Å². The number of fused-ring (bicyclic) bond motifs is 1. The molecule has 0 unspecified atom stereocenters. The molecule has 4 rings (SSSR count). The Balaban J connectivity index is 1.94. The number of halogens is 2. The molecular formula is C28H26Cl2N2O6S. The molecule has 3 aromatic rings. The highest BCUT2D eigenvalue weighted by Crippen LogP contribution is 2.37. The molecule has 0 N–H and O–H groups in total. The van der Waals surface area contributed by atoms with Gasteiger partial charge in [-0.1, -0.05) is 52.7 Å². The van der Waals surface area contributed by atoms with Crippen LogP contribution in [0.4, 0.5) is 0 Å². The summed E-state index contributed by atoms with van der Waals surface area (Å²) in [5.41, 5.74) is 1.49. The quantitative estimate of drug-likeness (QED) is 0.290. The molecule has 1 atom stereocenters. The lowest BCUT2D eigenvalue weighted by molar-refractivity contribution is -0.139. The molecule has 2 aromatic carbocycles. The smallest absolute Gasteiger partial charge is 0.338 e. The van der Waals surface area contributed by atoms with E-state index in [1.54, 1.807) is 38.1 Å². The molecule has 1 aliphatic heterocycles. The van der Waals surface area contributed by atoms with Crippen molar-refractivity contribution in [1.82, 2.24) is 4.57 Å². The lowest BCUT2D eigenvalue weighted by Crippen LogP contribution is -2.40. The van der Waals surface area contributed by atoms with Crippen molar-refractivity contribution in [2.45, 2.75) is 46.8 Å². The van der Waals surface area contributed by atoms with E-state index in [1.807, 2.05) is 32.0 Å². The summed E-state index contributed by atoms with van der Waals surface area (Å²) in [4.78, 5) is 43.4. The van der Waals surface area contributed by atoms with Crippen LogP contribution in [0.2, 0.25) is 10.0 Å². The summed E-state index contributed by atoms with van der Waals surface area (Å²) in [6, 6.07) is 9.55. The fourth-order valence-corrected chi connectivity index (χ4v) is 5.84. The van der Waals surface area contributed by atoms with E-state index >= 15 is 0 Å². The topological polar surface area (TPSA) is 96.2 Å². The van der Waals surface area contributed by atoms with Gasteiger partial charge >= 0.3 is 11.9 Å². The van der Waals surface area contributed by atoms with Crippen LogP contribution in [0.15, 0.2) is 57.5 Å². The van der Waals surface area contributed by atoms with Gasteiger partial charge in [-0.05, 0) is 57.5 Å². The van der Waals surface area contributed by atoms with E-state index in [9.17, 15) is 14.4 Å². The Morgan fingerprint density at radius 2 is 1.85 bits per heavy atom. The zero-order valence-corrected chi connectivity index (χ0v) is 24.2. The Bertz CT molecular complexity index is 1650. The van der Waals surface area contributed by atoms with E-state index in [4.69, 9.17) is 37.4 Å². The van der Waals surface area contributed by atoms with Crippen LogP contribution in [0.5, 0.6) is 11.5 Å². The average molecular weight is 589 g/mol. The number of aromatic nitrogens is 1. The summed E-state index contributed by atoms with van der Waals surface area (Å²) in [7, 11) is 0. The van der Waals surface area contributed by atoms with Gasteiger partial charge in [-0.3, -0.25) is 14.2 Å². The van der Waals surface area contributed by atoms with Crippen LogP contribution < -0.4 is 24.4 Å². The maximum Gasteiger partial charge on any atom is 0.338 e. The number of ether oxygens (including phenoxy) is 3. The highest BCUT2D eigenvalue weighted by molar-refractivity contribution is 7.07. The molecule has 11 heteroatoms. The largest absolute Gasteiger partial charge is 0.491 e. The summed E-state index contributed by atoms with van der Waals surface area (Å²) in [6.07, 6.45) is 1.48. The van der Waals surface area contributed by atoms with Gasteiger partial charge in [0.15, 0.2) is 10.6 Å². The molecule has 39 heavy (non-hydrogen) atoms. The summed E-state index contributed by atoms with van der Waals surface area (Å²) in [5, 5.41) is 0.240. The minimum atomic E-state index is -0.823. The number of rotatable bonds is 7. The average Bonchev–Trinajstić information content (AvgIpc) is 3.15. The Hall–Kier alpha value is -3.40. The highest BCUT2D eigenvalue weighted by atomic mass is 35.5. The second-order valence-corrected chi connectivity index (χ2v) is 10.7. The third-order valence-corrected chi connectivity index (χ3v) is 7.20. The van der Waals surface area contributed by atoms with E-state index in [2.05, 4.69) is 4.99 Å². The number of para-hydroxylation sites is 1. The number of carbonyl (C=O) groups is 2. The van der Waals surface area contributed by atoms with Crippen molar-refractivity contribution in [3.63, 3.8) is 0 Å². The zero-order chi connectivity index (χ0) is 28.4. The molecular weight excluding hydrogens is 563 g/mol. The summed E-state index contributed by atoms with van der Waals surface area (Å²) in [5.74, 6) is -0.532. The first kappa shape index (κ1) is 28.6. The predicted molar refractivity (Wildman–Crippen MR) is 150 cm³/mol. The number of esters is 2. The number of hydrogen-bond acceptors (Lipinski definition) is 8. The van der Waals surface area contributed by atoms with E-state index in [0.29, 0.717) is 31.9 Å². The molecule has 0 radical (unpaired) electrons. The van der Waals surface area contributed by atoms with Crippen LogP contribution in [0, 0.1) is 0 Å². The van der Waals surface area contributed by atoms with E-state index < -0.39 is 18.0 Å². The van der Waals surface area contributed by atoms with Crippen LogP contribution in [-0.2, 0) is 14.3 Å². The molecule has 0 spiro atoms. The van der Waals surface area contributed by atoms with Gasteiger partial charge in [-0.2, -0.15) is 0 Å². The number of allylic oxidation sites excluding steroid dienone is 1. The molecule has 0 amide bonds. The predicted octanol–water partition coefficient (Wildman–Crippen LogP) is 4.82. The van der Waals surface area contributed by atoms with Gasteiger partial charge in [0.1, 0.15) is 11.8 Å². The van der Waals surface area contributed by atoms with Crippen LogP contribution in [-0.4, -0.2) is 29.2 Å². The van der Waals surface area contributed by atoms with Gasteiger partial charge in [0.25, 0.3) is 5.56 Å². The molecule has 204 valence electrons. The number of hydrogen-bond donors (Lipinski definition) is 0. The number of nitrogens with zero attached hydrogens (tertiary/aromatic N) is 2. The van der Waals surface area contributed by atoms with Gasteiger partial charge in [-0.25, -0.2) is 9.79 Å². The Morgan fingerprint density at radius 1 is 1.18 bits per heavy atom. The molecule has 1 aromatic heterocycles. The second kappa shape index (κ2) is 11.8. The third kappa shape index (κ3) is 5.95. The second-order valence-electron chi connectivity index (χ2n) is 8.91. The fraction of sp³-hybridized carbons (Fsp3) is 0.286. The van der Waals surface area contributed by atoms with Gasteiger partial charge in [-0.15, -0.1) is 0 Å². The standard InChI is InChI=1S/C28H26Cl2N2O6S/c1-6-36-27(35)23-15(4)31-28-32(24(23)18-9-7-8-10-21(18)37-14(2)3)26(34)22(39-28)13-17-11-19(29)25(20(30)12-17)38-16(5)33/h7-14,24H,6H2,1-5H3/b22-13-/t24-/m0/s1. The van der Waals surface area contributed by atoms with Gasteiger partial charge in [0.2, 0.25) is 0 Å². The van der Waals surface area contributed by atoms with Gasteiger partial charge < -0.3 is 14.2 Å². The van der Waals surface area contributed by atoms with Crippen molar-refractivity contribution in [1.29, 1.82) is 0 Å². The summed E-state index contributed by atoms with van der Waals surface area (Å²) < 4.78 is 18.3. The monoisotopic (exact) mass is 588 g/mol. The first-order chi connectivity index (χ1) is 18.5. The first-order valence-electron chi connectivity index (χ1n) is 12.1. The Kier molecular flexibility index (Phi) is 8.64. The highest BCUT2D eigenvalue weighted by Gasteiger charge is 2.35. The summed E-state index contributed by atoms with van der Waals surface area (Å²) >= 11 is 13.8. The third-order valence-electron chi connectivity index (χ3n) is 5.66. The van der Waals surface area contributed by atoms with Crippen molar-refractivity contribution in [3.8, 4) is 11.5 Å². The molecule has 0 saturated carbocycles.